The van der Waals surface area contributed by atoms with Crippen LogP contribution in [-0.4, -0.2) is 60.6 Å². The zero-order chi connectivity index (χ0) is 18.1. The zero-order valence-electron chi connectivity index (χ0n) is 15.7. The number of likely N-dealkylation sites (tertiary alicyclic amines) is 1. The second-order valence-corrected chi connectivity index (χ2v) is 7.40. The molecule has 2 aromatic rings. The Labute approximate surface area is 154 Å². The van der Waals surface area contributed by atoms with Crippen molar-refractivity contribution in [1.82, 2.24) is 20.1 Å². The average molecular weight is 356 g/mol. The lowest BCUT2D eigenvalue weighted by atomic mass is 10.0. The number of carbonyl (C=O) groups excluding carboxylic acids is 1. The molecule has 1 atom stereocenters. The molecule has 26 heavy (non-hydrogen) atoms. The van der Waals surface area contributed by atoms with E-state index in [1.54, 1.807) is 7.11 Å². The van der Waals surface area contributed by atoms with E-state index >= 15 is 0 Å². The number of carbonyl (C=O) groups is 1. The normalized spacial score (nSPS) is 20.4. The van der Waals surface area contributed by atoms with Crippen molar-refractivity contribution in [3.8, 4) is 5.75 Å². The average Bonchev–Trinajstić information content (AvgIpc) is 3.29. The Morgan fingerprint density at radius 2 is 2.27 bits per heavy atom. The Hall–Kier alpha value is -2.21. The predicted molar refractivity (Wildman–Crippen MR) is 103 cm³/mol. The monoisotopic (exact) mass is 356 g/mol. The molecule has 0 saturated carbocycles. The molecule has 2 amide bonds. The van der Waals surface area contributed by atoms with E-state index in [4.69, 9.17) is 4.74 Å². The third kappa shape index (κ3) is 3.26. The molecule has 6 heteroatoms. The van der Waals surface area contributed by atoms with E-state index in [1.165, 1.54) is 17.7 Å². The van der Waals surface area contributed by atoms with Gasteiger partial charge in [-0.05, 0) is 43.6 Å². The predicted octanol–water partition coefficient (Wildman–Crippen LogP) is 2.59. The van der Waals surface area contributed by atoms with Crippen molar-refractivity contribution in [1.29, 1.82) is 0 Å². The Bertz CT molecular complexity index is 800. The van der Waals surface area contributed by atoms with Crippen LogP contribution in [0.4, 0.5) is 4.79 Å². The van der Waals surface area contributed by atoms with Gasteiger partial charge in [-0.25, -0.2) is 4.79 Å². The molecule has 1 fully saturated rings. The molecule has 6 nitrogen and oxygen atoms in total. The molecule has 0 unspecified atom stereocenters. The number of methoxy groups -OCH3 is 1. The van der Waals surface area contributed by atoms with Gasteiger partial charge in [-0.2, -0.15) is 0 Å². The van der Waals surface area contributed by atoms with E-state index < -0.39 is 0 Å². The Morgan fingerprint density at radius 3 is 3.04 bits per heavy atom. The fraction of sp³-hybridized carbons (Fsp3) is 0.550. The van der Waals surface area contributed by atoms with Crippen molar-refractivity contribution < 1.29 is 9.53 Å². The van der Waals surface area contributed by atoms with Gasteiger partial charge in [-0.1, -0.05) is 6.92 Å². The number of urea groups is 1. The largest absolute Gasteiger partial charge is 0.497 e. The quantitative estimate of drug-likeness (QED) is 0.885. The van der Waals surface area contributed by atoms with Crippen LogP contribution in [0.25, 0.3) is 10.9 Å². The van der Waals surface area contributed by atoms with Crippen molar-refractivity contribution in [3.63, 3.8) is 0 Å². The maximum Gasteiger partial charge on any atom is 0.317 e. The number of fused-ring (bicyclic) bond motifs is 3. The minimum absolute atomic E-state index is 0.0582. The summed E-state index contributed by atoms with van der Waals surface area (Å²) >= 11 is 0. The number of hydrogen-bond donors (Lipinski definition) is 2. The zero-order valence-corrected chi connectivity index (χ0v) is 15.7. The molecule has 1 saturated heterocycles. The number of aromatic amines is 1. The van der Waals surface area contributed by atoms with E-state index in [2.05, 4.69) is 34.3 Å². The summed E-state index contributed by atoms with van der Waals surface area (Å²) in [5.41, 5.74) is 3.58. The Balaban J connectivity index is 1.41. The van der Waals surface area contributed by atoms with Crippen LogP contribution in [0.15, 0.2) is 18.2 Å². The number of nitrogens with zero attached hydrogens (tertiary/aromatic N) is 2. The Morgan fingerprint density at radius 1 is 1.38 bits per heavy atom. The van der Waals surface area contributed by atoms with Crippen LogP contribution in [0.2, 0.25) is 0 Å². The highest BCUT2D eigenvalue weighted by Crippen LogP contribution is 2.30. The van der Waals surface area contributed by atoms with Crippen LogP contribution in [-0.2, 0) is 13.0 Å². The molecule has 2 N–H and O–H groups in total. The number of rotatable bonds is 4. The molecular formula is C20H28N4O2. The first-order valence-electron chi connectivity index (χ1n) is 9.60. The molecule has 0 aliphatic carbocycles. The lowest BCUT2D eigenvalue weighted by Crippen LogP contribution is -2.44. The molecule has 0 bridgehead atoms. The van der Waals surface area contributed by atoms with Gasteiger partial charge in [0.05, 0.1) is 7.11 Å². The van der Waals surface area contributed by atoms with Crippen molar-refractivity contribution in [3.05, 3.63) is 29.5 Å². The van der Waals surface area contributed by atoms with Crippen LogP contribution < -0.4 is 10.1 Å². The number of nitrogens with one attached hydrogen (secondary N) is 2. The van der Waals surface area contributed by atoms with Crippen LogP contribution in [0.5, 0.6) is 5.75 Å². The molecule has 4 rings (SSSR count). The van der Waals surface area contributed by atoms with Crippen molar-refractivity contribution >= 4 is 16.9 Å². The summed E-state index contributed by atoms with van der Waals surface area (Å²) in [5, 5.41) is 4.32. The summed E-state index contributed by atoms with van der Waals surface area (Å²) in [4.78, 5) is 20.5. The van der Waals surface area contributed by atoms with Gasteiger partial charge in [-0.3, -0.25) is 0 Å². The summed E-state index contributed by atoms with van der Waals surface area (Å²) in [5.74, 6) is 1.43. The molecular weight excluding hydrogens is 328 g/mol. The molecule has 0 spiro atoms. The molecule has 140 valence electrons. The summed E-state index contributed by atoms with van der Waals surface area (Å²) < 4.78 is 5.36. The fourth-order valence-corrected chi connectivity index (χ4v) is 4.20. The van der Waals surface area contributed by atoms with Gasteiger partial charge in [0, 0.05) is 54.8 Å². The SMILES string of the molecule is CCN1CC[C@H](CNC(=O)N2CCc3[nH]c4ccc(OC)cc4c3C2)C1. The van der Waals surface area contributed by atoms with Gasteiger partial charge < -0.3 is 24.8 Å². The molecule has 2 aliphatic rings. The van der Waals surface area contributed by atoms with Crippen LogP contribution in [0.1, 0.15) is 24.6 Å². The second kappa shape index (κ2) is 7.19. The first kappa shape index (κ1) is 17.2. The topological polar surface area (TPSA) is 60.6 Å². The summed E-state index contributed by atoms with van der Waals surface area (Å²) in [6.45, 7) is 7.74. The molecule has 2 aliphatic heterocycles. The summed E-state index contributed by atoms with van der Waals surface area (Å²) in [7, 11) is 1.68. The minimum Gasteiger partial charge on any atom is -0.497 e. The van der Waals surface area contributed by atoms with E-state index in [0.29, 0.717) is 12.5 Å². The number of amides is 2. The maximum atomic E-state index is 12.7. The first-order valence-corrected chi connectivity index (χ1v) is 9.60. The van der Waals surface area contributed by atoms with Crippen LogP contribution in [0.3, 0.4) is 0 Å². The van der Waals surface area contributed by atoms with E-state index in [9.17, 15) is 4.79 Å². The molecule has 1 aromatic carbocycles. The number of H-pyrrole nitrogens is 1. The number of aromatic nitrogens is 1. The lowest BCUT2D eigenvalue weighted by molar-refractivity contribution is 0.190. The third-order valence-electron chi connectivity index (χ3n) is 5.83. The fourth-order valence-electron chi connectivity index (χ4n) is 4.20. The third-order valence-corrected chi connectivity index (χ3v) is 5.83. The number of hydrogen-bond acceptors (Lipinski definition) is 3. The number of ether oxygens (including phenoxy) is 1. The van der Waals surface area contributed by atoms with Gasteiger partial charge in [0.15, 0.2) is 0 Å². The van der Waals surface area contributed by atoms with Crippen molar-refractivity contribution in [2.45, 2.75) is 26.3 Å². The Kier molecular flexibility index (Phi) is 4.76. The summed E-state index contributed by atoms with van der Waals surface area (Å²) in [6.07, 6.45) is 2.05. The van der Waals surface area contributed by atoms with Crippen LogP contribution >= 0.6 is 0 Å². The summed E-state index contributed by atoms with van der Waals surface area (Å²) in [6, 6.07) is 6.14. The van der Waals surface area contributed by atoms with E-state index in [-0.39, 0.29) is 6.03 Å². The highest BCUT2D eigenvalue weighted by atomic mass is 16.5. The van der Waals surface area contributed by atoms with Gasteiger partial charge in [0.2, 0.25) is 0 Å². The standard InChI is InChI=1S/C20H28N4O2/c1-3-23-8-6-14(12-23)11-21-20(25)24-9-7-19-17(13-24)16-10-15(26-2)4-5-18(16)22-19/h4-5,10,14,22H,3,6-9,11-13H2,1-2H3,(H,21,25)/t14-/m1/s1. The highest BCUT2D eigenvalue weighted by molar-refractivity contribution is 5.87. The van der Waals surface area contributed by atoms with Gasteiger partial charge in [0.1, 0.15) is 5.75 Å². The second-order valence-electron chi connectivity index (χ2n) is 7.40. The van der Waals surface area contributed by atoms with Crippen molar-refractivity contribution in [2.75, 3.05) is 39.8 Å². The highest BCUT2D eigenvalue weighted by Gasteiger charge is 2.26. The minimum atomic E-state index is 0.0582. The number of benzene rings is 1. The van der Waals surface area contributed by atoms with Gasteiger partial charge >= 0.3 is 6.03 Å². The van der Waals surface area contributed by atoms with Crippen LogP contribution in [0, 0.1) is 5.92 Å². The van der Waals surface area contributed by atoms with Gasteiger partial charge in [-0.15, -0.1) is 0 Å². The van der Waals surface area contributed by atoms with E-state index in [0.717, 1.165) is 55.8 Å². The smallest absolute Gasteiger partial charge is 0.317 e. The molecule has 0 radical (unpaired) electrons. The first-order chi connectivity index (χ1) is 12.7. The van der Waals surface area contributed by atoms with E-state index in [1.807, 2.05) is 11.0 Å². The molecule has 3 heterocycles. The van der Waals surface area contributed by atoms with Gasteiger partial charge in [0.25, 0.3) is 0 Å². The van der Waals surface area contributed by atoms with Crippen molar-refractivity contribution in [2.24, 2.45) is 5.92 Å². The maximum absolute atomic E-state index is 12.7. The molecule has 1 aromatic heterocycles. The lowest BCUT2D eigenvalue weighted by Gasteiger charge is -2.28.